The predicted molar refractivity (Wildman–Crippen MR) is 68.5 cm³/mol. The second-order valence-electron chi connectivity index (χ2n) is 4.99. The molecular formula is C12H22F3N3O2. The van der Waals surface area contributed by atoms with Crippen LogP contribution in [0.25, 0.3) is 0 Å². The number of nitrogens with one attached hydrogen (secondary N) is 2. The molecule has 1 rings (SSSR count). The smallest absolute Gasteiger partial charge is 0.385 e. The summed E-state index contributed by atoms with van der Waals surface area (Å²) in [5, 5.41) is 5.35. The summed E-state index contributed by atoms with van der Waals surface area (Å²) in [5.41, 5.74) is 0. The fourth-order valence-corrected chi connectivity index (χ4v) is 2.19. The SMILES string of the molecule is COCCCNC(=O)NC[C@@H]1CCN(CC(F)(F)F)C1. The first-order chi connectivity index (χ1) is 9.40. The molecule has 20 heavy (non-hydrogen) atoms. The van der Waals surface area contributed by atoms with Crippen LogP contribution < -0.4 is 10.6 Å². The number of ether oxygens (including phenoxy) is 1. The van der Waals surface area contributed by atoms with Gasteiger partial charge in [-0.05, 0) is 25.3 Å². The van der Waals surface area contributed by atoms with Crippen LogP contribution in [0.15, 0.2) is 0 Å². The summed E-state index contributed by atoms with van der Waals surface area (Å²) in [4.78, 5) is 12.8. The number of carbonyl (C=O) groups excluding carboxylic acids is 1. The average molecular weight is 297 g/mol. The minimum atomic E-state index is -4.15. The molecule has 0 aromatic heterocycles. The van der Waals surface area contributed by atoms with E-state index in [0.29, 0.717) is 39.2 Å². The number of carbonyl (C=O) groups is 1. The van der Waals surface area contributed by atoms with Crippen molar-refractivity contribution in [2.45, 2.75) is 19.0 Å². The van der Waals surface area contributed by atoms with E-state index >= 15 is 0 Å². The molecule has 8 heteroatoms. The summed E-state index contributed by atoms with van der Waals surface area (Å²) in [7, 11) is 1.59. The third-order valence-corrected chi connectivity index (χ3v) is 3.13. The van der Waals surface area contributed by atoms with Crippen LogP contribution in [0.1, 0.15) is 12.8 Å². The summed E-state index contributed by atoms with van der Waals surface area (Å²) in [6.45, 7) is 1.45. The Kier molecular flexibility index (Phi) is 7.08. The Labute approximate surface area is 116 Å². The van der Waals surface area contributed by atoms with Crippen LogP contribution >= 0.6 is 0 Å². The molecule has 1 aliphatic heterocycles. The number of likely N-dealkylation sites (tertiary alicyclic amines) is 1. The zero-order valence-electron chi connectivity index (χ0n) is 11.6. The molecule has 2 amide bonds. The highest BCUT2D eigenvalue weighted by molar-refractivity contribution is 5.73. The van der Waals surface area contributed by atoms with Gasteiger partial charge in [0.05, 0.1) is 6.54 Å². The minimum absolute atomic E-state index is 0.0853. The molecule has 0 bridgehead atoms. The second kappa shape index (κ2) is 8.31. The Morgan fingerprint density at radius 3 is 2.80 bits per heavy atom. The standard InChI is InChI=1S/C12H22F3N3O2/c1-20-6-2-4-16-11(19)17-7-10-3-5-18(8-10)9-12(13,14)15/h10H,2-9H2,1H3,(H2,16,17,19)/t10-/m0/s1. The topological polar surface area (TPSA) is 53.6 Å². The minimum Gasteiger partial charge on any atom is -0.385 e. The van der Waals surface area contributed by atoms with E-state index in [1.165, 1.54) is 4.90 Å². The summed E-state index contributed by atoms with van der Waals surface area (Å²) in [5.74, 6) is 0.0853. The molecule has 0 aliphatic carbocycles. The van der Waals surface area contributed by atoms with Gasteiger partial charge in [-0.3, -0.25) is 4.90 Å². The van der Waals surface area contributed by atoms with Gasteiger partial charge in [0, 0.05) is 33.4 Å². The van der Waals surface area contributed by atoms with E-state index in [-0.39, 0.29) is 11.9 Å². The number of methoxy groups -OCH3 is 1. The fourth-order valence-electron chi connectivity index (χ4n) is 2.19. The number of alkyl halides is 3. The molecule has 1 aliphatic rings. The zero-order valence-corrected chi connectivity index (χ0v) is 11.6. The van der Waals surface area contributed by atoms with Crippen molar-refractivity contribution in [3.63, 3.8) is 0 Å². The molecule has 0 unspecified atom stereocenters. The van der Waals surface area contributed by atoms with Crippen LogP contribution in [0, 0.1) is 5.92 Å². The van der Waals surface area contributed by atoms with Gasteiger partial charge in [-0.2, -0.15) is 13.2 Å². The predicted octanol–water partition coefficient (Wildman–Crippen LogP) is 1.21. The van der Waals surface area contributed by atoms with Crippen molar-refractivity contribution >= 4 is 6.03 Å². The van der Waals surface area contributed by atoms with Gasteiger partial charge in [-0.15, -0.1) is 0 Å². The number of amides is 2. The zero-order chi connectivity index (χ0) is 15.0. The first-order valence-corrected chi connectivity index (χ1v) is 6.70. The van der Waals surface area contributed by atoms with E-state index < -0.39 is 12.7 Å². The van der Waals surface area contributed by atoms with Gasteiger partial charge in [-0.1, -0.05) is 0 Å². The summed E-state index contributed by atoms with van der Waals surface area (Å²) in [6, 6.07) is -0.282. The van der Waals surface area contributed by atoms with Crippen molar-refractivity contribution < 1.29 is 22.7 Å². The Morgan fingerprint density at radius 1 is 1.40 bits per heavy atom. The molecule has 1 heterocycles. The van der Waals surface area contributed by atoms with Gasteiger partial charge in [0.1, 0.15) is 0 Å². The van der Waals surface area contributed by atoms with Crippen molar-refractivity contribution in [2.75, 3.05) is 46.4 Å². The molecule has 1 atom stereocenters. The molecule has 0 aromatic carbocycles. The molecule has 2 N–H and O–H groups in total. The van der Waals surface area contributed by atoms with E-state index in [1.807, 2.05) is 0 Å². The monoisotopic (exact) mass is 297 g/mol. The van der Waals surface area contributed by atoms with Gasteiger partial charge >= 0.3 is 12.2 Å². The Hall–Kier alpha value is -1.02. The van der Waals surface area contributed by atoms with Crippen molar-refractivity contribution in [1.29, 1.82) is 0 Å². The van der Waals surface area contributed by atoms with Gasteiger partial charge < -0.3 is 15.4 Å². The van der Waals surface area contributed by atoms with E-state index in [9.17, 15) is 18.0 Å². The van der Waals surface area contributed by atoms with Crippen LogP contribution in [-0.2, 0) is 4.74 Å². The third-order valence-electron chi connectivity index (χ3n) is 3.13. The summed E-state index contributed by atoms with van der Waals surface area (Å²) >= 11 is 0. The molecule has 118 valence electrons. The third kappa shape index (κ3) is 7.54. The van der Waals surface area contributed by atoms with Crippen LogP contribution in [-0.4, -0.2) is 63.5 Å². The number of urea groups is 1. The second-order valence-corrected chi connectivity index (χ2v) is 4.99. The first-order valence-electron chi connectivity index (χ1n) is 6.70. The molecule has 1 saturated heterocycles. The summed E-state index contributed by atoms with van der Waals surface area (Å²) < 4.78 is 41.5. The fraction of sp³-hybridized carbons (Fsp3) is 0.917. The van der Waals surface area contributed by atoms with Gasteiger partial charge in [0.25, 0.3) is 0 Å². The van der Waals surface area contributed by atoms with Crippen molar-refractivity contribution in [2.24, 2.45) is 5.92 Å². The molecule has 5 nitrogen and oxygen atoms in total. The highest BCUT2D eigenvalue weighted by Crippen LogP contribution is 2.22. The molecule has 1 fully saturated rings. The molecule has 0 radical (unpaired) electrons. The Bertz CT molecular complexity index is 300. The lowest BCUT2D eigenvalue weighted by Crippen LogP contribution is -2.39. The molecule has 0 aromatic rings. The number of rotatable bonds is 7. The van der Waals surface area contributed by atoms with Crippen molar-refractivity contribution in [1.82, 2.24) is 15.5 Å². The van der Waals surface area contributed by atoms with Crippen LogP contribution in [0.2, 0.25) is 0 Å². The normalized spacial score (nSPS) is 20.1. The Morgan fingerprint density at radius 2 is 2.15 bits per heavy atom. The van der Waals surface area contributed by atoms with Crippen LogP contribution in [0.3, 0.4) is 0 Å². The largest absolute Gasteiger partial charge is 0.401 e. The average Bonchev–Trinajstić information content (AvgIpc) is 2.77. The summed E-state index contributed by atoms with van der Waals surface area (Å²) in [6.07, 6.45) is -2.74. The lowest BCUT2D eigenvalue weighted by atomic mass is 10.1. The maximum absolute atomic E-state index is 12.2. The number of hydrogen-bond donors (Lipinski definition) is 2. The van der Waals surface area contributed by atoms with Gasteiger partial charge in [0.2, 0.25) is 0 Å². The lowest BCUT2D eigenvalue weighted by Gasteiger charge is -2.18. The Balaban J connectivity index is 2.09. The maximum atomic E-state index is 12.2. The van der Waals surface area contributed by atoms with E-state index in [2.05, 4.69) is 10.6 Å². The maximum Gasteiger partial charge on any atom is 0.401 e. The number of hydrogen-bond acceptors (Lipinski definition) is 3. The number of halogens is 3. The lowest BCUT2D eigenvalue weighted by molar-refractivity contribution is -0.143. The van der Waals surface area contributed by atoms with Crippen molar-refractivity contribution in [3.05, 3.63) is 0 Å². The van der Waals surface area contributed by atoms with Gasteiger partial charge in [0.15, 0.2) is 0 Å². The quantitative estimate of drug-likeness (QED) is 0.695. The molecule has 0 spiro atoms. The van der Waals surface area contributed by atoms with Crippen LogP contribution in [0.4, 0.5) is 18.0 Å². The van der Waals surface area contributed by atoms with Gasteiger partial charge in [-0.25, -0.2) is 4.79 Å². The first kappa shape index (κ1) is 17.0. The van der Waals surface area contributed by atoms with E-state index in [0.717, 1.165) is 6.42 Å². The highest BCUT2D eigenvalue weighted by Gasteiger charge is 2.34. The molecule has 0 saturated carbocycles. The van der Waals surface area contributed by atoms with E-state index in [4.69, 9.17) is 4.74 Å². The highest BCUT2D eigenvalue weighted by atomic mass is 19.4. The molecular weight excluding hydrogens is 275 g/mol. The van der Waals surface area contributed by atoms with E-state index in [1.54, 1.807) is 7.11 Å². The van der Waals surface area contributed by atoms with Crippen LogP contribution in [0.5, 0.6) is 0 Å². The number of nitrogens with zero attached hydrogens (tertiary/aromatic N) is 1. The van der Waals surface area contributed by atoms with Crippen molar-refractivity contribution in [3.8, 4) is 0 Å².